The lowest BCUT2D eigenvalue weighted by molar-refractivity contribution is 0.0831. The first-order valence-corrected chi connectivity index (χ1v) is 8.60. The van der Waals surface area contributed by atoms with Gasteiger partial charge in [0.15, 0.2) is 0 Å². The van der Waals surface area contributed by atoms with E-state index < -0.39 is 0 Å². The summed E-state index contributed by atoms with van der Waals surface area (Å²) < 4.78 is 5.63. The first-order valence-electron chi connectivity index (χ1n) is 8.60. The second-order valence-corrected chi connectivity index (χ2v) is 7.77. The Hall–Kier alpha value is -1.54. The normalized spacial score (nSPS) is 19.9. The van der Waals surface area contributed by atoms with Crippen LogP contribution in [0.3, 0.4) is 0 Å². The van der Waals surface area contributed by atoms with Crippen LogP contribution in [0.25, 0.3) is 10.8 Å². The summed E-state index contributed by atoms with van der Waals surface area (Å²) in [5.41, 5.74) is 5.11. The fraction of sp³-hybridized carbons (Fsp3) is 0.524. The van der Waals surface area contributed by atoms with E-state index in [9.17, 15) is 5.11 Å². The fourth-order valence-electron chi connectivity index (χ4n) is 4.01. The Bertz CT molecular complexity index is 756. The maximum Gasteiger partial charge on any atom is 0.122 e. The number of fused-ring (bicyclic) bond motifs is 2. The maximum absolute atomic E-state index is 10.5. The van der Waals surface area contributed by atoms with E-state index in [4.69, 9.17) is 4.74 Å². The summed E-state index contributed by atoms with van der Waals surface area (Å²) in [6.07, 6.45) is 1.53. The van der Waals surface area contributed by atoms with Crippen LogP contribution in [0.5, 0.6) is 5.75 Å². The van der Waals surface area contributed by atoms with Crippen molar-refractivity contribution in [3.63, 3.8) is 0 Å². The van der Waals surface area contributed by atoms with Crippen molar-refractivity contribution in [3.8, 4) is 5.75 Å². The Labute approximate surface area is 139 Å². The van der Waals surface area contributed by atoms with Gasteiger partial charge in [0.05, 0.1) is 13.2 Å². The molecule has 0 spiro atoms. The van der Waals surface area contributed by atoms with E-state index in [1.54, 1.807) is 7.11 Å². The van der Waals surface area contributed by atoms with Gasteiger partial charge in [-0.15, -0.1) is 0 Å². The molecule has 1 unspecified atom stereocenters. The average molecular weight is 312 g/mol. The molecule has 0 saturated carbocycles. The van der Waals surface area contributed by atoms with Crippen molar-refractivity contribution in [2.45, 2.75) is 64.9 Å². The van der Waals surface area contributed by atoms with Crippen LogP contribution in [0.15, 0.2) is 18.2 Å². The van der Waals surface area contributed by atoms with Crippen LogP contribution in [0.1, 0.15) is 62.3 Å². The molecule has 0 aromatic heterocycles. The van der Waals surface area contributed by atoms with Crippen LogP contribution >= 0.6 is 0 Å². The molecular formula is C21H28O2. The highest BCUT2D eigenvalue weighted by Crippen LogP contribution is 2.42. The minimum absolute atomic E-state index is 0.190. The second kappa shape index (κ2) is 5.52. The second-order valence-electron chi connectivity index (χ2n) is 7.77. The van der Waals surface area contributed by atoms with E-state index in [1.165, 1.54) is 33.0 Å². The van der Waals surface area contributed by atoms with Gasteiger partial charge in [-0.3, -0.25) is 0 Å². The van der Waals surface area contributed by atoms with Crippen molar-refractivity contribution >= 4 is 10.8 Å². The minimum Gasteiger partial charge on any atom is -0.496 e. The van der Waals surface area contributed by atoms with Gasteiger partial charge >= 0.3 is 0 Å². The number of methoxy groups -OCH3 is 1. The monoisotopic (exact) mass is 312 g/mol. The molecule has 1 atom stereocenters. The summed E-state index contributed by atoms with van der Waals surface area (Å²) in [6.45, 7) is 10.9. The molecule has 2 heteroatoms. The first-order chi connectivity index (χ1) is 10.8. The third-order valence-corrected chi connectivity index (χ3v) is 5.70. The van der Waals surface area contributed by atoms with Crippen molar-refractivity contribution in [2.24, 2.45) is 0 Å². The summed E-state index contributed by atoms with van der Waals surface area (Å²) in [4.78, 5) is 0. The number of aryl methyl sites for hydroxylation is 1. The van der Waals surface area contributed by atoms with Crippen molar-refractivity contribution in [1.29, 1.82) is 0 Å². The van der Waals surface area contributed by atoms with E-state index in [1.807, 2.05) is 0 Å². The number of aliphatic hydroxyl groups excluding tert-OH is 1. The third kappa shape index (κ3) is 2.44. The van der Waals surface area contributed by atoms with Gasteiger partial charge in [-0.1, -0.05) is 33.8 Å². The van der Waals surface area contributed by atoms with Gasteiger partial charge < -0.3 is 9.84 Å². The highest BCUT2D eigenvalue weighted by atomic mass is 16.5. The Morgan fingerprint density at radius 2 is 1.91 bits per heavy atom. The van der Waals surface area contributed by atoms with Crippen molar-refractivity contribution < 1.29 is 9.84 Å². The lowest BCUT2D eigenvalue weighted by Crippen LogP contribution is -2.38. The van der Waals surface area contributed by atoms with Crippen LogP contribution in [0, 0.1) is 6.92 Å². The minimum atomic E-state index is -0.269. The number of benzene rings is 2. The number of hydrogen-bond donors (Lipinski definition) is 1. The first kappa shape index (κ1) is 16.3. The van der Waals surface area contributed by atoms with Crippen molar-refractivity contribution in [1.82, 2.24) is 0 Å². The Morgan fingerprint density at radius 1 is 1.22 bits per heavy atom. The molecule has 0 amide bonds. The summed E-state index contributed by atoms with van der Waals surface area (Å²) >= 11 is 0. The van der Waals surface area contributed by atoms with Crippen LogP contribution in [-0.2, 0) is 11.8 Å². The Balaban J connectivity index is 2.34. The molecule has 0 aliphatic heterocycles. The van der Waals surface area contributed by atoms with Crippen LogP contribution in [-0.4, -0.2) is 18.3 Å². The third-order valence-electron chi connectivity index (χ3n) is 5.70. The molecule has 1 N–H and O–H groups in total. The maximum atomic E-state index is 10.5. The predicted molar refractivity (Wildman–Crippen MR) is 96.7 cm³/mol. The molecule has 2 aromatic carbocycles. The molecular weight excluding hydrogens is 284 g/mol. The topological polar surface area (TPSA) is 29.5 Å². The quantitative estimate of drug-likeness (QED) is 0.857. The Morgan fingerprint density at radius 3 is 2.52 bits per heavy atom. The van der Waals surface area contributed by atoms with Crippen molar-refractivity contribution in [3.05, 3.63) is 40.5 Å². The molecule has 0 bridgehead atoms. The van der Waals surface area contributed by atoms with Crippen molar-refractivity contribution in [2.75, 3.05) is 7.11 Å². The molecule has 2 aromatic rings. The fourth-order valence-corrected chi connectivity index (χ4v) is 4.01. The molecule has 3 rings (SSSR count). The van der Waals surface area contributed by atoms with Gasteiger partial charge in [0.2, 0.25) is 0 Å². The lowest BCUT2D eigenvalue weighted by Gasteiger charge is -2.38. The highest BCUT2D eigenvalue weighted by Gasteiger charge is 2.36. The molecule has 1 aliphatic carbocycles. The summed E-state index contributed by atoms with van der Waals surface area (Å²) in [5.74, 6) is 1.40. The van der Waals surface area contributed by atoms with Gasteiger partial charge in [0, 0.05) is 5.41 Å². The van der Waals surface area contributed by atoms with Gasteiger partial charge in [-0.05, 0) is 70.8 Å². The molecule has 23 heavy (non-hydrogen) atoms. The van der Waals surface area contributed by atoms with Gasteiger partial charge in [-0.2, -0.15) is 0 Å². The van der Waals surface area contributed by atoms with Crippen LogP contribution < -0.4 is 4.74 Å². The predicted octanol–water partition coefficient (Wildman–Crippen LogP) is 4.86. The molecule has 0 saturated heterocycles. The molecule has 2 nitrogen and oxygen atoms in total. The van der Waals surface area contributed by atoms with Gasteiger partial charge in [0.1, 0.15) is 5.75 Å². The van der Waals surface area contributed by atoms with Crippen LogP contribution in [0.2, 0.25) is 0 Å². The molecule has 0 radical (unpaired) electrons. The lowest BCUT2D eigenvalue weighted by atomic mass is 9.69. The number of hydrogen-bond acceptors (Lipinski definition) is 2. The smallest absolute Gasteiger partial charge is 0.122 e. The summed E-state index contributed by atoms with van der Waals surface area (Å²) in [7, 11) is 1.75. The standard InChI is InChI=1S/C21H28O2/c1-12(2)16-9-14-10-18-15(7-8-20(22)21(18,4)5)13(3)17(14)11-19(16)23-6/h9-12,20,22H,7-8H2,1-6H3. The van der Waals surface area contributed by atoms with Gasteiger partial charge in [0.25, 0.3) is 0 Å². The van der Waals surface area contributed by atoms with E-state index in [0.717, 1.165) is 18.6 Å². The number of rotatable bonds is 2. The molecule has 124 valence electrons. The number of ether oxygens (including phenoxy) is 1. The zero-order chi connectivity index (χ0) is 16.9. The SMILES string of the molecule is COc1cc2c(C)c3c(cc2cc1C(C)C)C(C)(C)C(O)CC3. The number of aliphatic hydroxyl groups is 1. The highest BCUT2D eigenvalue weighted by molar-refractivity contribution is 5.90. The van der Waals surface area contributed by atoms with E-state index in [2.05, 4.69) is 52.8 Å². The van der Waals surface area contributed by atoms with E-state index in [-0.39, 0.29) is 11.5 Å². The summed E-state index contributed by atoms with van der Waals surface area (Å²) in [6, 6.07) is 6.76. The zero-order valence-corrected chi connectivity index (χ0v) is 15.2. The molecule has 0 heterocycles. The zero-order valence-electron chi connectivity index (χ0n) is 15.2. The van der Waals surface area contributed by atoms with E-state index >= 15 is 0 Å². The van der Waals surface area contributed by atoms with Crippen LogP contribution in [0.4, 0.5) is 0 Å². The summed E-state index contributed by atoms with van der Waals surface area (Å²) in [5, 5.41) is 13.0. The van der Waals surface area contributed by atoms with E-state index in [0.29, 0.717) is 5.92 Å². The van der Waals surface area contributed by atoms with Gasteiger partial charge in [-0.25, -0.2) is 0 Å². The Kier molecular flexibility index (Phi) is 3.92. The largest absolute Gasteiger partial charge is 0.496 e. The molecule has 0 fully saturated rings. The molecule has 1 aliphatic rings. The average Bonchev–Trinajstić information content (AvgIpc) is 2.50.